The summed E-state index contributed by atoms with van der Waals surface area (Å²) in [6, 6.07) is 5.74. The molecule has 0 radical (unpaired) electrons. The van der Waals surface area contributed by atoms with Gasteiger partial charge in [-0.2, -0.15) is 0 Å². The van der Waals surface area contributed by atoms with E-state index in [1.807, 2.05) is 44.4 Å². The lowest BCUT2D eigenvalue weighted by Crippen LogP contribution is -2.27. The summed E-state index contributed by atoms with van der Waals surface area (Å²) in [6.45, 7) is 8.80. The summed E-state index contributed by atoms with van der Waals surface area (Å²) in [6.07, 6.45) is 0. The van der Waals surface area contributed by atoms with Crippen molar-refractivity contribution in [3.63, 3.8) is 0 Å². The Morgan fingerprint density at radius 3 is 2.76 bits per heavy atom. The van der Waals surface area contributed by atoms with Gasteiger partial charge in [0.15, 0.2) is 0 Å². The molecule has 3 aromatic rings. The minimum absolute atomic E-state index is 0.0803. The number of amides is 1. The van der Waals surface area contributed by atoms with Gasteiger partial charge in [-0.25, -0.2) is 4.98 Å². The average molecular weight is 357 g/mol. The molecule has 2 heterocycles. The Bertz CT molecular complexity index is 926. The second-order valence-corrected chi connectivity index (χ2v) is 7.00. The normalized spacial score (nSPS) is 12.4. The summed E-state index contributed by atoms with van der Waals surface area (Å²) in [5.41, 5.74) is 3.69. The molecule has 0 fully saturated rings. The summed E-state index contributed by atoms with van der Waals surface area (Å²) >= 11 is 1.57. The number of methoxy groups -OCH3 is 1. The minimum atomic E-state index is -0.128. The van der Waals surface area contributed by atoms with Crippen LogP contribution in [0.3, 0.4) is 0 Å². The predicted molar refractivity (Wildman–Crippen MR) is 102 cm³/mol. The molecule has 1 amide bonds. The van der Waals surface area contributed by atoms with E-state index in [2.05, 4.69) is 21.8 Å². The fraction of sp³-hybridized carbons (Fsp3) is 0.368. The van der Waals surface area contributed by atoms with Gasteiger partial charge in [0.05, 0.1) is 18.7 Å². The van der Waals surface area contributed by atoms with E-state index in [-0.39, 0.29) is 11.9 Å². The van der Waals surface area contributed by atoms with Crippen molar-refractivity contribution in [2.75, 3.05) is 7.11 Å². The van der Waals surface area contributed by atoms with Crippen LogP contribution in [-0.4, -0.2) is 22.6 Å². The number of fused-ring (bicyclic) bond motifs is 1. The van der Waals surface area contributed by atoms with Crippen LogP contribution in [0.2, 0.25) is 0 Å². The zero-order valence-corrected chi connectivity index (χ0v) is 16.0. The first-order valence-electron chi connectivity index (χ1n) is 8.36. The van der Waals surface area contributed by atoms with Crippen LogP contribution < -0.4 is 10.1 Å². The first-order valence-corrected chi connectivity index (χ1v) is 9.24. The molecule has 0 aliphatic carbocycles. The number of aryl methyl sites for hydroxylation is 2. The Morgan fingerprint density at radius 2 is 2.16 bits per heavy atom. The Kier molecular flexibility index (Phi) is 4.81. The van der Waals surface area contributed by atoms with Gasteiger partial charge in [-0.05, 0) is 45.9 Å². The van der Waals surface area contributed by atoms with E-state index in [0.717, 1.165) is 39.6 Å². The van der Waals surface area contributed by atoms with Gasteiger partial charge >= 0.3 is 0 Å². The Labute approximate surface area is 151 Å². The third-order valence-corrected chi connectivity index (χ3v) is 5.57. The number of benzene rings is 1. The highest BCUT2D eigenvalue weighted by molar-refractivity contribution is 7.09. The summed E-state index contributed by atoms with van der Waals surface area (Å²) in [5, 5.41) is 6.92. The van der Waals surface area contributed by atoms with Crippen LogP contribution in [0, 0.1) is 13.8 Å². The molecule has 2 aromatic heterocycles. The Hall–Kier alpha value is -2.34. The lowest BCUT2D eigenvalue weighted by atomic mass is 10.1. The first-order chi connectivity index (χ1) is 12.0. The standard InChI is InChI=1S/C19H23N3O2S/c1-6-22-13(4)17(15-9-14(24-5)7-8-16(15)22)18(23)21-12(3)19-20-11(2)10-25-19/h7-10,12H,6H2,1-5H3,(H,21,23). The summed E-state index contributed by atoms with van der Waals surface area (Å²) in [7, 11) is 1.64. The topological polar surface area (TPSA) is 56.2 Å². The highest BCUT2D eigenvalue weighted by atomic mass is 32.1. The van der Waals surface area contributed by atoms with E-state index in [1.165, 1.54) is 0 Å². The number of nitrogens with one attached hydrogen (secondary N) is 1. The monoisotopic (exact) mass is 357 g/mol. The first kappa shape index (κ1) is 17.5. The third-order valence-electron chi connectivity index (χ3n) is 4.43. The van der Waals surface area contributed by atoms with E-state index in [0.29, 0.717) is 5.56 Å². The fourth-order valence-electron chi connectivity index (χ4n) is 3.18. The van der Waals surface area contributed by atoms with E-state index in [9.17, 15) is 4.79 Å². The molecule has 1 atom stereocenters. The van der Waals surface area contributed by atoms with E-state index >= 15 is 0 Å². The van der Waals surface area contributed by atoms with Gasteiger partial charge in [0.2, 0.25) is 0 Å². The van der Waals surface area contributed by atoms with Gasteiger partial charge in [0.25, 0.3) is 5.91 Å². The fourth-order valence-corrected chi connectivity index (χ4v) is 3.99. The molecule has 3 rings (SSSR count). The second kappa shape index (κ2) is 6.88. The van der Waals surface area contributed by atoms with Crippen LogP contribution in [-0.2, 0) is 6.54 Å². The lowest BCUT2D eigenvalue weighted by molar-refractivity contribution is 0.0940. The van der Waals surface area contributed by atoms with Gasteiger partial charge in [0.1, 0.15) is 10.8 Å². The Morgan fingerprint density at radius 1 is 1.40 bits per heavy atom. The molecule has 1 unspecified atom stereocenters. The van der Waals surface area contributed by atoms with Crippen LogP contribution in [0.5, 0.6) is 5.75 Å². The number of carbonyl (C=O) groups excluding carboxylic acids is 1. The minimum Gasteiger partial charge on any atom is -0.497 e. The van der Waals surface area contributed by atoms with E-state index in [4.69, 9.17) is 4.74 Å². The molecular weight excluding hydrogens is 334 g/mol. The largest absolute Gasteiger partial charge is 0.497 e. The number of carbonyl (C=O) groups is 1. The zero-order valence-electron chi connectivity index (χ0n) is 15.2. The maximum Gasteiger partial charge on any atom is 0.254 e. The maximum absolute atomic E-state index is 13.0. The maximum atomic E-state index is 13.0. The van der Waals surface area contributed by atoms with Gasteiger partial charge in [-0.15, -0.1) is 11.3 Å². The molecule has 1 N–H and O–H groups in total. The van der Waals surface area contributed by atoms with Crippen molar-refractivity contribution in [3.8, 4) is 5.75 Å². The van der Waals surface area contributed by atoms with Gasteiger partial charge in [0, 0.05) is 34.2 Å². The number of aromatic nitrogens is 2. The van der Waals surface area contributed by atoms with Crippen molar-refractivity contribution >= 4 is 28.1 Å². The van der Waals surface area contributed by atoms with Crippen LogP contribution in [0.1, 0.15) is 46.6 Å². The molecule has 5 nitrogen and oxygen atoms in total. The van der Waals surface area contributed by atoms with E-state index < -0.39 is 0 Å². The zero-order chi connectivity index (χ0) is 18.1. The average Bonchev–Trinajstić information content (AvgIpc) is 3.14. The molecule has 0 aliphatic rings. The van der Waals surface area contributed by atoms with Crippen LogP contribution in [0.25, 0.3) is 10.9 Å². The molecular formula is C19H23N3O2S. The van der Waals surface area contributed by atoms with Gasteiger partial charge < -0.3 is 14.6 Å². The van der Waals surface area contributed by atoms with Crippen molar-refractivity contribution in [3.05, 3.63) is 45.5 Å². The smallest absolute Gasteiger partial charge is 0.254 e. The van der Waals surface area contributed by atoms with Crippen molar-refractivity contribution in [2.24, 2.45) is 0 Å². The number of hydrogen-bond donors (Lipinski definition) is 1. The van der Waals surface area contributed by atoms with Crippen molar-refractivity contribution in [1.82, 2.24) is 14.9 Å². The number of nitrogens with zero attached hydrogens (tertiary/aromatic N) is 2. The number of ether oxygens (including phenoxy) is 1. The predicted octanol–water partition coefficient (Wildman–Crippen LogP) is 4.23. The molecule has 1 aromatic carbocycles. The highest BCUT2D eigenvalue weighted by Crippen LogP contribution is 2.30. The molecule has 0 spiro atoms. The molecule has 132 valence electrons. The second-order valence-electron chi connectivity index (χ2n) is 6.11. The Balaban J connectivity index is 2.01. The van der Waals surface area contributed by atoms with Crippen LogP contribution in [0.15, 0.2) is 23.6 Å². The summed E-state index contributed by atoms with van der Waals surface area (Å²) < 4.78 is 7.50. The highest BCUT2D eigenvalue weighted by Gasteiger charge is 2.22. The van der Waals surface area contributed by atoms with Gasteiger partial charge in [-0.3, -0.25) is 4.79 Å². The lowest BCUT2D eigenvalue weighted by Gasteiger charge is -2.12. The molecule has 0 aliphatic heterocycles. The SMILES string of the molecule is CCn1c(C)c(C(=O)NC(C)c2nc(C)cs2)c2cc(OC)ccc21. The van der Waals surface area contributed by atoms with Gasteiger partial charge in [-0.1, -0.05) is 0 Å². The van der Waals surface area contributed by atoms with Crippen molar-refractivity contribution in [2.45, 2.75) is 40.3 Å². The van der Waals surface area contributed by atoms with Crippen molar-refractivity contribution < 1.29 is 9.53 Å². The third kappa shape index (κ3) is 3.14. The summed E-state index contributed by atoms with van der Waals surface area (Å²) in [4.78, 5) is 17.5. The molecule has 6 heteroatoms. The molecule has 0 saturated heterocycles. The molecule has 0 bridgehead atoms. The van der Waals surface area contributed by atoms with Crippen LogP contribution in [0.4, 0.5) is 0 Å². The van der Waals surface area contributed by atoms with Crippen LogP contribution >= 0.6 is 11.3 Å². The van der Waals surface area contributed by atoms with E-state index in [1.54, 1.807) is 18.4 Å². The quantitative estimate of drug-likeness (QED) is 0.743. The number of hydrogen-bond acceptors (Lipinski definition) is 4. The van der Waals surface area contributed by atoms with Crippen molar-refractivity contribution in [1.29, 1.82) is 0 Å². The summed E-state index contributed by atoms with van der Waals surface area (Å²) in [5.74, 6) is 0.668. The molecule has 25 heavy (non-hydrogen) atoms. The number of thiazole rings is 1. The number of rotatable bonds is 5. The molecule has 0 saturated carbocycles.